The van der Waals surface area contributed by atoms with Gasteiger partial charge in [-0.3, -0.25) is 4.79 Å². The van der Waals surface area contributed by atoms with Crippen LogP contribution in [0.4, 0.5) is 0 Å². The van der Waals surface area contributed by atoms with Gasteiger partial charge in [0.15, 0.2) is 0 Å². The zero-order chi connectivity index (χ0) is 19.9. The predicted octanol–water partition coefficient (Wildman–Crippen LogP) is 5.00. The van der Waals surface area contributed by atoms with Crippen molar-refractivity contribution in [3.63, 3.8) is 0 Å². The van der Waals surface area contributed by atoms with Crippen molar-refractivity contribution in [1.29, 1.82) is 5.26 Å². The maximum Gasteiger partial charge on any atom is 0.343 e. The molecule has 136 valence electrons. The average molecular weight is 367 g/mol. The Hall–Kier alpha value is -3.97. The van der Waals surface area contributed by atoms with E-state index in [2.05, 4.69) is 0 Å². The van der Waals surface area contributed by atoms with Crippen molar-refractivity contribution >= 4 is 17.8 Å². The van der Waals surface area contributed by atoms with Crippen LogP contribution in [0, 0.1) is 18.3 Å². The highest BCUT2D eigenvalue weighted by atomic mass is 16.5. The minimum Gasteiger partial charge on any atom is -0.423 e. The van der Waals surface area contributed by atoms with Gasteiger partial charge in [0.2, 0.25) is 5.78 Å². The smallest absolute Gasteiger partial charge is 0.343 e. The van der Waals surface area contributed by atoms with Crippen LogP contribution in [0.1, 0.15) is 31.8 Å². The molecule has 3 rings (SSSR count). The fourth-order valence-electron chi connectivity index (χ4n) is 2.55. The molecule has 0 radical (unpaired) electrons. The Bertz CT molecular complexity index is 1060. The number of nitrogens with zero attached hydrogens (tertiary/aromatic N) is 1. The van der Waals surface area contributed by atoms with Crippen molar-refractivity contribution in [2.24, 2.45) is 0 Å². The van der Waals surface area contributed by atoms with Crippen molar-refractivity contribution < 1.29 is 14.3 Å². The molecule has 0 spiro atoms. The molecule has 0 heterocycles. The first-order valence-corrected chi connectivity index (χ1v) is 8.67. The second kappa shape index (κ2) is 8.61. The lowest BCUT2D eigenvalue weighted by Gasteiger charge is -2.05. The Morgan fingerprint density at radius 1 is 0.857 bits per heavy atom. The third-order valence-electron chi connectivity index (χ3n) is 4.09. The van der Waals surface area contributed by atoms with Gasteiger partial charge in [-0.15, -0.1) is 0 Å². The van der Waals surface area contributed by atoms with Crippen molar-refractivity contribution in [3.8, 4) is 11.8 Å². The number of hydrogen-bond acceptors (Lipinski definition) is 4. The highest BCUT2D eigenvalue weighted by Gasteiger charge is 2.12. The number of rotatable bonds is 5. The second-order valence-electron chi connectivity index (χ2n) is 6.19. The molecule has 0 aliphatic heterocycles. The standard InChI is InChI=1S/C24H17NO3/c1-17-7-11-20(12-8-17)24(27)28-22-13-9-18(10-14-22)15-21(16-25)23(26)19-5-3-2-4-6-19/h2-15H,1H3/b21-15+. The van der Waals surface area contributed by atoms with Gasteiger partial charge in [0.1, 0.15) is 17.4 Å². The third-order valence-corrected chi connectivity index (χ3v) is 4.09. The summed E-state index contributed by atoms with van der Waals surface area (Å²) >= 11 is 0. The Labute approximate surface area is 163 Å². The number of benzene rings is 3. The van der Waals surface area contributed by atoms with Gasteiger partial charge in [-0.05, 0) is 42.8 Å². The quantitative estimate of drug-likeness (QED) is 0.209. The molecule has 0 saturated heterocycles. The van der Waals surface area contributed by atoms with E-state index in [1.165, 1.54) is 6.08 Å². The molecule has 0 bridgehead atoms. The van der Waals surface area contributed by atoms with Gasteiger partial charge in [-0.2, -0.15) is 5.26 Å². The average Bonchev–Trinajstić information content (AvgIpc) is 2.73. The number of ketones is 1. The number of aryl methyl sites for hydroxylation is 1. The van der Waals surface area contributed by atoms with E-state index in [0.717, 1.165) is 5.56 Å². The number of hydrogen-bond donors (Lipinski definition) is 0. The van der Waals surface area contributed by atoms with E-state index in [4.69, 9.17) is 4.74 Å². The van der Waals surface area contributed by atoms with Crippen LogP contribution in [-0.4, -0.2) is 11.8 Å². The first kappa shape index (κ1) is 18.8. The van der Waals surface area contributed by atoms with Crippen LogP contribution in [-0.2, 0) is 0 Å². The summed E-state index contributed by atoms with van der Waals surface area (Å²) in [7, 11) is 0. The van der Waals surface area contributed by atoms with Crippen LogP contribution in [0.2, 0.25) is 0 Å². The lowest BCUT2D eigenvalue weighted by molar-refractivity contribution is 0.0734. The van der Waals surface area contributed by atoms with Crippen LogP contribution >= 0.6 is 0 Å². The zero-order valence-corrected chi connectivity index (χ0v) is 15.3. The molecule has 0 amide bonds. The van der Waals surface area contributed by atoms with E-state index in [1.54, 1.807) is 60.7 Å². The Morgan fingerprint density at radius 3 is 2.11 bits per heavy atom. The summed E-state index contributed by atoms with van der Waals surface area (Å²) in [6.45, 7) is 1.94. The maximum absolute atomic E-state index is 12.4. The predicted molar refractivity (Wildman–Crippen MR) is 107 cm³/mol. The minimum absolute atomic E-state index is 0.0376. The molecule has 4 nitrogen and oxygen atoms in total. The van der Waals surface area contributed by atoms with Crippen molar-refractivity contribution in [2.45, 2.75) is 6.92 Å². The van der Waals surface area contributed by atoms with Crippen molar-refractivity contribution in [3.05, 3.63) is 107 Å². The number of ether oxygens (including phenoxy) is 1. The molecule has 28 heavy (non-hydrogen) atoms. The fraction of sp³-hybridized carbons (Fsp3) is 0.0417. The summed E-state index contributed by atoms with van der Waals surface area (Å²) in [6.07, 6.45) is 1.51. The fourth-order valence-corrected chi connectivity index (χ4v) is 2.55. The van der Waals surface area contributed by atoms with Crippen LogP contribution in [0.5, 0.6) is 5.75 Å². The summed E-state index contributed by atoms with van der Waals surface area (Å²) in [4.78, 5) is 24.6. The molecule has 0 fully saturated rings. The molecule has 0 aliphatic carbocycles. The van der Waals surface area contributed by atoms with Gasteiger partial charge in [0.25, 0.3) is 0 Å². The van der Waals surface area contributed by atoms with Crippen LogP contribution in [0.3, 0.4) is 0 Å². The monoisotopic (exact) mass is 367 g/mol. The van der Waals surface area contributed by atoms with Gasteiger partial charge in [-0.25, -0.2) is 4.79 Å². The SMILES string of the molecule is Cc1ccc(C(=O)Oc2ccc(/C=C(\C#N)C(=O)c3ccccc3)cc2)cc1. The third kappa shape index (κ3) is 4.60. The molecular formula is C24H17NO3. The summed E-state index contributed by atoms with van der Waals surface area (Å²) in [6, 6.07) is 24.3. The highest BCUT2D eigenvalue weighted by Crippen LogP contribution is 2.18. The van der Waals surface area contributed by atoms with Crippen LogP contribution in [0.15, 0.2) is 84.4 Å². The Balaban J connectivity index is 1.73. The Kier molecular flexibility index (Phi) is 5.78. The van der Waals surface area contributed by atoms with E-state index >= 15 is 0 Å². The van der Waals surface area contributed by atoms with Gasteiger partial charge in [0, 0.05) is 5.56 Å². The number of carbonyl (C=O) groups is 2. The molecular weight excluding hydrogens is 350 g/mol. The largest absolute Gasteiger partial charge is 0.423 e. The maximum atomic E-state index is 12.4. The molecule has 0 aromatic heterocycles. The van der Waals surface area contributed by atoms with E-state index in [-0.39, 0.29) is 11.4 Å². The van der Waals surface area contributed by atoms with Gasteiger partial charge >= 0.3 is 5.97 Å². The molecule has 0 aliphatic rings. The first-order chi connectivity index (χ1) is 13.6. The summed E-state index contributed by atoms with van der Waals surface area (Å²) in [5, 5.41) is 9.33. The lowest BCUT2D eigenvalue weighted by Crippen LogP contribution is -2.08. The topological polar surface area (TPSA) is 67.2 Å². The molecule has 0 atom stereocenters. The minimum atomic E-state index is -0.444. The zero-order valence-electron chi connectivity index (χ0n) is 15.3. The molecule has 3 aromatic rings. The van der Waals surface area contributed by atoms with Crippen molar-refractivity contribution in [2.75, 3.05) is 0 Å². The van der Waals surface area contributed by atoms with E-state index in [1.807, 2.05) is 31.2 Å². The number of carbonyl (C=O) groups excluding carboxylic acids is 2. The van der Waals surface area contributed by atoms with Gasteiger partial charge < -0.3 is 4.74 Å². The number of Topliss-reactive ketones (excluding diaryl/α,β-unsaturated/α-hetero) is 1. The molecule has 4 heteroatoms. The van der Waals surface area contributed by atoms with Crippen molar-refractivity contribution in [1.82, 2.24) is 0 Å². The Morgan fingerprint density at radius 2 is 1.50 bits per heavy atom. The highest BCUT2D eigenvalue weighted by molar-refractivity contribution is 6.14. The lowest BCUT2D eigenvalue weighted by atomic mass is 10.0. The van der Waals surface area contributed by atoms with Crippen LogP contribution in [0.25, 0.3) is 6.08 Å². The van der Waals surface area contributed by atoms with E-state index in [9.17, 15) is 14.9 Å². The number of nitriles is 1. The number of allylic oxidation sites excluding steroid dienone is 1. The molecule has 0 N–H and O–H groups in total. The van der Waals surface area contributed by atoms with Gasteiger partial charge in [0.05, 0.1) is 5.56 Å². The summed E-state index contributed by atoms with van der Waals surface area (Å²) in [5.74, 6) is -0.395. The first-order valence-electron chi connectivity index (χ1n) is 8.67. The summed E-state index contributed by atoms with van der Waals surface area (Å²) < 4.78 is 5.35. The van der Waals surface area contributed by atoms with E-state index < -0.39 is 5.97 Å². The summed E-state index contributed by atoms with van der Waals surface area (Å²) in [5.41, 5.74) is 2.69. The van der Waals surface area contributed by atoms with Gasteiger partial charge in [-0.1, -0.05) is 60.2 Å². The van der Waals surface area contributed by atoms with E-state index in [0.29, 0.717) is 22.4 Å². The van der Waals surface area contributed by atoms with Crippen LogP contribution < -0.4 is 4.74 Å². The second-order valence-corrected chi connectivity index (χ2v) is 6.19. The molecule has 3 aromatic carbocycles. The molecule has 0 unspecified atom stereocenters. The normalized spacial score (nSPS) is 10.8. The number of esters is 1. The molecule has 0 saturated carbocycles.